The average molecular weight is 280 g/mol. The van der Waals surface area contributed by atoms with Crippen molar-refractivity contribution in [1.82, 2.24) is 10.2 Å². The van der Waals surface area contributed by atoms with E-state index in [4.69, 9.17) is 0 Å². The number of carbonyl (C=O) groups excluding carboxylic acids is 2. The Balaban J connectivity index is 1.80. The lowest BCUT2D eigenvalue weighted by atomic mass is 9.94. The molecular formula is C16H28N2O2. The van der Waals surface area contributed by atoms with Gasteiger partial charge in [0.2, 0.25) is 11.8 Å². The van der Waals surface area contributed by atoms with Gasteiger partial charge in [-0.1, -0.05) is 33.1 Å². The standard InChI is InChI=1S/C16H28N2O2/c1-12(2)8-9-17-16(20)13-10-15(19)18(11-13)14-6-4-3-5-7-14/h12-14H,3-11H2,1-2H3,(H,17,20)/t13-/m0/s1. The van der Waals surface area contributed by atoms with E-state index in [0.717, 1.165) is 25.8 Å². The van der Waals surface area contributed by atoms with Gasteiger partial charge in [0.1, 0.15) is 0 Å². The Morgan fingerprint density at radius 2 is 2.00 bits per heavy atom. The summed E-state index contributed by atoms with van der Waals surface area (Å²) in [6.07, 6.45) is 7.38. The maximum Gasteiger partial charge on any atom is 0.225 e. The fourth-order valence-corrected chi connectivity index (χ4v) is 3.28. The third-order valence-corrected chi connectivity index (χ3v) is 4.57. The first-order chi connectivity index (χ1) is 9.58. The van der Waals surface area contributed by atoms with Crippen LogP contribution in [0.1, 0.15) is 58.8 Å². The number of amides is 2. The number of hydrogen-bond donors (Lipinski definition) is 1. The van der Waals surface area contributed by atoms with E-state index in [1.165, 1.54) is 19.3 Å². The normalized spacial score (nSPS) is 24.4. The van der Waals surface area contributed by atoms with Gasteiger partial charge < -0.3 is 10.2 Å². The zero-order valence-corrected chi connectivity index (χ0v) is 12.9. The third kappa shape index (κ3) is 3.97. The first kappa shape index (κ1) is 15.3. The molecule has 0 aromatic rings. The Labute approximate surface area is 122 Å². The van der Waals surface area contributed by atoms with Crippen LogP contribution in [0.15, 0.2) is 0 Å². The van der Waals surface area contributed by atoms with Crippen molar-refractivity contribution in [2.45, 2.75) is 64.8 Å². The number of rotatable bonds is 5. The van der Waals surface area contributed by atoms with Crippen LogP contribution in [0.3, 0.4) is 0 Å². The second-order valence-corrected chi connectivity index (χ2v) is 6.71. The summed E-state index contributed by atoms with van der Waals surface area (Å²) in [5.74, 6) is 0.717. The molecule has 1 saturated heterocycles. The van der Waals surface area contributed by atoms with Crippen LogP contribution in [0.5, 0.6) is 0 Å². The Hall–Kier alpha value is -1.06. The number of nitrogens with one attached hydrogen (secondary N) is 1. The summed E-state index contributed by atoms with van der Waals surface area (Å²) in [6, 6.07) is 0.393. The van der Waals surface area contributed by atoms with Crippen molar-refractivity contribution >= 4 is 11.8 Å². The Kier molecular flexibility index (Phi) is 5.44. The highest BCUT2D eigenvalue weighted by molar-refractivity contribution is 5.89. The Morgan fingerprint density at radius 1 is 1.30 bits per heavy atom. The number of hydrogen-bond acceptors (Lipinski definition) is 2. The molecule has 0 radical (unpaired) electrons. The van der Waals surface area contributed by atoms with Crippen LogP contribution >= 0.6 is 0 Å². The minimum Gasteiger partial charge on any atom is -0.356 e. The summed E-state index contributed by atoms with van der Waals surface area (Å²) in [5.41, 5.74) is 0. The zero-order chi connectivity index (χ0) is 14.5. The number of nitrogens with zero attached hydrogens (tertiary/aromatic N) is 1. The van der Waals surface area contributed by atoms with Gasteiger partial charge in [-0.3, -0.25) is 9.59 Å². The van der Waals surface area contributed by atoms with Gasteiger partial charge >= 0.3 is 0 Å². The summed E-state index contributed by atoms with van der Waals surface area (Å²) in [5, 5.41) is 2.98. The molecule has 2 amide bonds. The van der Waals surface area contributed by atoms with E-state index in [-0.39, 0.29) is 17.7 Å². The molecule has 0 spiro atoms. The number of carbonyl (C=O) groups is 2. The summed E-state index contributed by atoms with van der Waals surface area (Å²) in [7, 11) is 0. The smallest absolute Gasteiger partial charge is 0.225 e. The molecule has 1 aliphatic heterocycles. The molecule has 0 aromatic heterocycles. The molecule has 1 atom stereocenters. The van der Waals surface area contributed by atoms with E-state index in [0.29, 0.717) is 24.9 Å². The van der Waals surface area contributed by atoms with Crippen molar-refractivity contribution in [3.05, 3.63) is 0 Å². The van der Waals surface area contributed by atoms with Crippen LogP contribution < -0.4 is 5.32 Å². The van der Waals surface area contributed by atoms with Crippen LogP contribution in [-0.4, -0.2) is 35.8 Å². The molecule has 0 aromatic carbocycles. The Morgan fingerprint density at radius 3 is 2.65 bits per heavy atom. The van der Waals surface area contributed by atoms with Crippen molar-refractivity contribution in [2.75, 3.05) is 13.1 Å². The maximum absolute atomic E-state index is 12.1. The molecule has 0 unspecified atom stereocenters. The van der Waals surface area contributed by atoms with E-state index in [1.807, 2.05) is 4.90 Å². The second-order valence-electron chi connectivity index (χ2n) is 6.71. The molecule has 1 saturated carbocycles. The fourth-order valence-electron chi connectivity index (χ4n) is 3.28. The molecular weight excluding hydrogens is 252 g/mol. The van der Waals surface area contributed by atoms with Gasteiger partial charge in [0, 0.05) is 25.6 Å². The van der Waals surface area contributed by atoms with Crippen LogP contribution in [0.2, 0.25) is 0 Å². The van der Waals surface area contributed by atoms with Crippen molar-refractivity contribution in [3.8, 4) is 0 Å². The lowest BCUT2D eigenvalue weighted by molar-refractivity contribution is -0.130. The molecule has 4 nitrogen and oxygen atoms in total. The molecule has 2 rings (SSSR count). The van der Waals surface area contributed by atoms with Gasteiger partial charge in [0.25, 0.3) is 0 Å². The van der Waals surface area contributed by atoms with Crippen LogP contribution in [0, 0.1) is 11.8 Å². The molecule has 20 heavy (non-hydrogen) atoms. The Bertz CT molecular complexity index is 348. The molecule has 2 aliphatic rings. The van der Waals surface area contributed by atoms with Crippen molar-refractivity contribution in [1.29, 1.82) is 0 Å². The summed E-state index contributed by atoms with van der Waals surface area (Å²) in [4.78, 5) is 26.2. The second kappa shape index (κ2) is 7.09. The fraction of sp³-hybridized carbons (Fsp3) is 0.875. The lowest BCUT2D eigenvalue weighted by Gasteiger charge is -2.31. The highest BCUT2D eigenvalue weighted by Gasteiger charge is 2.37. The third-order valence-electron chi connectivity index (χ3n) is 4.57. The summed E-state index contributed by atoms with van der Waals surface area (Å²) in [6.45, 7) is 5.66. The predicted molar refractivity (Wildman–Crippen MR) is 79.2 cm³/mol. The van der Waals surface area contributed by atoms with Crippen molar-refractivity contribution in [2.24, 2.45) is 11.8 Å². The van der Waals surface area contributed by atoms with Gasteiger partial charge in [0.15, 0.2) is 0 Å². The van der Waals surface area contributed by atoms with E-state index in [9.17, 15) is 9.59 Å². The molecule has 0 bridgehead atoms. The maximum atomic E-state index is 12.1. The van der Waals surface area contributed by atoms with E-state index in [1.54, 1.807) is 0 Å². The monoisotopic (exact) mass is 280 g/mol. The quantitative estimate of drug-likeness (QED) is 0.840. The molecule has 2 fully saturated rings. The van der Waals surface area contributed by atoms with E-state index >= 15 is 0 Å². The minimum atomic E-state index is -0.128. The molecule has 1 N–H and O–H groups in total. The van der Waals surface area contributed by atoms with Crippen molar-refractivity contribution < 1.29 is 9.59 Å². The molecule has 1 heterocycles. The lowest BCUT2D eigenvalue weighted by Crippen LogP contribution is -2.39. The van der Waals surface area contributed by atoms with Crippen LogP contribution in [0.4, 0.5) is 0 Å². The van der Waals surface area contributed by atoms with Gasteiger partial charge in [-0.05, 0) is 25.2 Å². The van der Waals surface area contributed by atoms with Gasteiger partial charge in [-0.15, -0.1) is 0 Å². The minimum absolute atomic E-state index is 0.0670. The first-order valence-corrected chi connectivity index (χ1v) is 8.15. The van der Waals surface area contributed by atoms with E-state index < -0.39 is 0 Å². The highest BCUT2D eigenvalue weighted by atomic mass is 16.2. The molecule has 1 aliphatic carbocycles. The van der Waals surface area contributed by atoms with Gasteiger partial charge in [-0.2, -0.15) is 0 Å². The summed E-state index contributed by atoms with van der Waals surface area (Å²) < 4.78 is 0. The zero-order valence-electron chi connectivity index (χ0n) is 12.9. The topological polar surface area (TPSA) is 49.4 Å². The molecule has 4 heteroatoms. The number of likely N-dealkylation sites (tertiary alicyclic amines) is 1. The van der Waals surface area contributed by atoms with Gasteiger partial charge in [-0.25, -0.2) is 0 Å². The SMILES string of the molecule is CC(C)CCNC(=O)[C@H]1CC(=O)N(C2CCCCC2)C1. The largest absolute Gasteiger partial charge is 0.356 e. The first-order valence-electron chi connectivity index (χ1n) is 8.15. The highest BCUT2D eigenvalue weighted by Crippen LogP contribution is 2.28. The average Bonchev–Trinajstić information content (AvgIpc) is 2.81. The van der Waals surface area contributed by atoms with Gasteiger partial charge in [0.05, 0.1) is 5.92 Å². The van der Waals surface area contributed by atoms with E-state index in [2.05, 4.69) is 19.2 Å². The van der Waals surface area contributed by atoms with Crippen molar-refractivity contribution in [3.63, 3.8) is 0 Å². The summed E-state index contributed by atoms with van der Waals surface area (Å²) >= 11 is 0. The van der Waals surface area contributed by atoms with Crippen LogP contribution in [0.25, 0.3) is 0 Å². The molecule has 114 valence electrons. The van der Waals surface area contributed by atoms with Crippen LogP contribution in [-0.2, 0) is 9.59 Å². The predicted octanol–water partition coefficient (Wildman–Crippen LogP) is 2.33.